The van der Waals surface area contributed by atoms with Crippen molar-refractivity contribution in [2.75, 3.05) is 18.2 Å². The molecule has 0 aromatic heterocycles. The van der Waals surface area contributed by atoms with E-state index in [1.807, 2.05) is 6.07 Å². The van der Waals surface area contributed by atoms with Crippen LogP contribution in [0.4, 0.5) is 5.69 Å². The van der Waals surface area contributed by atoms with E-state index in [1.54, 1.807) is 12.1 Å². The van der Waals surface area contributed by atoms with E-state index >= 15 is 0 Å². The molecule has 0 saturated carbocycles. The Labute approximate surface area is 150 Å². The first kappa shape index (κ1) is 17.4. The number of hydrogen-bond acceptors (Lipinski definition) is 5. The van der Waals surface area contributed by atoms with Crippen LogP contribution in [-0.4, -0.2) is 29.8 Å². The van der Waals surface area contributed by atoms with Crippen LogP contribution in [0.2, 0.25) is 0 Å². The van der Waals surface area contributed by atoms with Crippen molar-refractivity contribution in [2.45, 2.75) is 24.2 Å². The van der Waals surface area contributed by atoms with E-state index in [0.29, 0.717) is 0 Å². The van der Waals surface area contributed by atoms with Gasteiger partial charge in [-0.1, -0.05) is 12.1 Å². The number of para-hydroxylation sites is 1. The fourth-order valence-corrected chi connectivity index (χ4v) is 3.65. The van der Waals surface area contributed by atoms with Crippen LogP contribution in [0, 0.1) is 0 Å². The number of aryl methyl sites for hydroxylation is 2. The number of nitrogens with one attached hydrogen (secondary N) is 1. The third kappa shape index (κ3) is 3.96. The van der Waals surface area contributed by atoms with E-state index in [9.17, 15) is 14.7 Å². The molecule has 2 aromatic carbocycles. The molecule has 5 nitrogen and oxygen atoms in total. The third-order valence-corrected chi connectivity index (χ3v) is 5.15. The Morgan fingerprint density at radius 1 is 1.20 bits per heavy atom. The first-order valence-corrected chi connectivity index (χ1v) is 9.02. The molecule has 1 aliphatic rings. The van der Waals surface area contributed by atoms with Crippen LogP contribution < -0.4 is 5.32 Å². The Morgan fingerprint density at radius 2 is 2.00 bits per heavy atom. The van der Waals surface area contributed by atoms with Gasteiger partial charge in [0.15, 0.2) is 5.75 Å². The minimum absolute atomic E-state index is 0.0200. The van der Waals surface area contributed by atoms with Crippen molar-refractivity contribution < 1.29 is 19.4 Å². The Bertz CT molecular complexity index is 819. The number of phenolic OH excluding ortho intramolecular Hbond substituents is 1. The van der Waals surface area contributed by atoms with E-state index in [-0.39, 0.29) is 28.7 Å². The predicted octanol–water partition coefficient (Wildman–Crippen LogP) is 3.40. The summed E-state index contributed by atoms with van der Waals surface area (Å²) in [7, 11) is 1.24. The predicted molar refractivity (Wildman–Crippen MR) is 97.3 cm³/mol. The lowest BCUT2D eigenvalue weighted by atomic mass is 10.1. The summed E-state index contributed by atoms with van der Waals surface area (Å²) < 4.78 is 4.60. The number of methoxy groups -OCH3 is 1. The van der Waals surface area contributed by atoms with Gasteiger partial charge in [-0.2, -0.15) is 0 Å². The molecule has 0 radical (unpaired) electrons. The lowest BCUT2D eigenvalue weighted by molar-refractivity contribution is -0.113. The van der Waals surface area contributed by atoms with Gasteiger partial charge in [-0.3, -0.25) is 4.79 Å². The molecular weight excluding hydrogens is 338 g/mol. The van der Waals surface area contributed by atoms with Crippen LogP contribution in [-0.2, 0) is 22.4 Å². The van der Waals surface area contributed by atoms with E-state index in [0.717, 1.165) is 17.7 Å². The second-order valence-electron chi connectivity index (χ2n) is 5.81. The van der Waals surface area contributed by atoms with Gasteiger partial charge < -0.3 is 15.2 Å². The van der Waals surface area contributed by atoms with Gasteiger partial charge in [0.2, 0.25) is 5.91 Å². The molecule has 0 atom stereocenters. The SMILES string of the molecule is COC(=O)c1cccc(NC(=O)CSc2ccc3c(c2)CCC3)c1O. The average Bonchev–Trinajstić information content (AvgIpc) is 3.09. The minimum Gasteiger partial charge on any atom is -0.505 e. The van der Waals surface area contributed by atoms with Crippen molar-refractivity contribution in [1.82, 2.24) is 0 Å². The average molecular weight is 357 g/mol. The highest BCUT2D eigenvalue weighted by molar-refractivity contribution is 8.00. The molecule has 0 fully saturated rings. The number of hydrogen-bond donors (Lipinski definition) is 2. The summed E-state index contributed by atoms with van der Waals surface area (Å²) in [5.41, 5.74) is 2.99. The molecule has 130 valence electrons. The summed E-state index contributed by atoms with van der Waals surface area (Å²) in [5, 5.41) is 12.7. The molecule has 1 aliphatic carbocycles. The van der Waals surface area contributed by atoms with Crippen molar-refractivity contribution in [3.8, 4) is 5.75 Å². The number of rotatable bonds is 5. The number of fused-ring (bicyclic) bond motifs is 1. The number of thioether (sulfide) groups is 1. The zero-order valence-corrected chi connectivity index (χ0v) is 14.7. The summed E-state index contributed by atoms with van der Waals surface area (Å²) in [6.45, 7) is 0. The van der Waals surface area contributed by atoms with Crippen molar-refractivity contribution >= 4 is 29.3 Å². The van der Waals surface area contributed by atoms with Crippen LogP contribution in [0.3, 0.4) is 0 Å². The fourth-order valence-electron chi connectivity index (χ4n) is 2.89. The molecule has 2 N–H and O–H groups in total. The highest BCUT2D eigenvalue weighted by atomic mass is 32.2. The lowest BCUT2D eigenvalue weighted by Crippen LogP contribution is -2.15. The molecule has 0 saturated heterocycles. The zero-order valence-electron chi connectivity index (χ0n) is 13.9. The maximum absolute atomic E-state index is 12.2. The Hall–Kier alpha value is -2.47. The Morgan fingerprint density at radius 3 is 2.80 bits per heavy atom. The number of carbonyl (C=O) groups excluding carboxylic acids is 2. The first-order valence-electron chi connectivity index (χ1n) is 8.03. The number of benzene rings is 2. The zero-order chi connectivity index (χ0) is 17.8. The molecule has 3 rings (SSSR count). The fraction of sp³-hybridized carbons (Fsp3) is 0.263. The molecule has 6 heteroatoms. The summed E-state index contributed by atoms with van der Waals surface area (Å²) in [4.78, 5) is 24.8. The number of esters is 1. The summed E-state index contributed by atoms with van der Waals surface area (Å²) in [6, 6.07) is 10.9. The van der Waals surface area contributed by atoms with Gasteiger partial charge >= 0.3 is 5.97 Å². The normalized spacial score (nSPS) is 12.5. The number of carbonyl (C=O) groups is 2. The number of phenols is 1. The molecule has 25 heavy (non-hydrogen) atoms. The van der Waals surface area contributed by atoms with Crippen LogP contribution in [0.25, 0.3) is 0 Å². The van der Waals surface area contributed by atoms with Crippen LogP contribution in [0.15, 0.2) is 41.3 Å². The van der Waals surface area contributed by atoms with E-state index in [4.69, 9.17) is 0 Å². The van der Waals surface area contributed by atoms with Gasteiger partial charge in [-0.05, 0) is 54.7 Å². The number of amides is 1. The van der Waals surface area contributed by atoms with Gasteiger partial charge in [-0.25, -0.2) is 4.79 Å². The van der Waals surface area contributed by atoms with E-state index in [1.165, 1.54) is 42.5 Å². The molecule has 0 spiro atoms. The topological polar surface area (TPSA) is 75.6 Å². The van der Waals surface area contributed by atoms with Gasteiger partial charge in [-0.15, -0.1) is 11.8 Å². The summed E-state index contributed by atoms with van der Waals surface area (Å²) in [6.07, 6.45) is 3.43. The highest BCUT2D eigenvalue weighted by Gasteiger charge is 2.16. The highest BCUT2D eigenvalue weighted by Crippen LogP contribution is 2.30. The summed E-state index contributed by atoms with van der Waals surface area (Å²) in [5.74, 6) is -0.963. The van der Waals surface area contributed by atoms with E-state index < -0.39 is 5.97 Å². The smallest absolute Gasteiger partial charge is 0.341 e. The Balaban J connectivity index is 1.62. The number of anilines is 1. The van der Waals surface area contributed by atoms with Gasteiger partial charge in [0.25, 0.3) is 0 Å². The number of ether oxygens (including phenoxy) is 1. The van der Waals surface area contributed by atoms with Gasteiger partial charge in [0.1, 0.15) is 5.56 Å². The van der Waals surface area contributed by atoms with Crippen molar-refractivity contribution in [3.63, 3.8) is 0 Å². The molecule has 0 aliphatic heterocycles. The molecule has 2 aromatic rings. The van der Waals surface area contributed by atoms with Gasteiger partial charge in [0, 0.05) is 4.90 Å². The second kappa shape index (κ2) is 7.61. The second-order valence-corrected chi connectivity index (χ2v) is 6.86. The standard InChI is InChI=1S/C19H19NO4S/c1-24-19(23)15-6-3-7-16(18(15)22)20-17(21)11-25-14-9-8-12-4-2-5-13(12)10-14/h3,6-10,22H,2,4-5,11H2,1H3,(H,20,21). The molecule has 0 heterocycles. The van der Waals surface area contributed by atoms with Crippen LogP contribution >= 0.6 is 11.8 Å². The minimum atomic E-state index is -0.652. The van der Waals surface area contributed by atoms with Crippen molar-refractivity contribution in [1.29, 1.82) is 0 Å². The van der Waals surface area contributed by atoms with E-state index in [2.05, 4.69) is 22.2 Å². The van der Waals surface area contributed by atoms with Crippen molar-refractivity contribution in [3.05, 3.63) is 53.1 Å². The molecule has 1 amide bonds. The Kier molecular flexibility index (Phi) is 5.28. The maximum Gasteiger partial charge on any atom is 0.341 e. The monoisotopic (exact) mass is 357 g/mol. The molecule has 0 unspecified atom stereocenters. The quantitative estimate of drug-likeness (QED) is 0.487. The lowest BCUT2D eigenvalue weighted by Gasteiger charge is -2.10. The first-order chi connectivity index (χ1) is 12.1. The number of aromatic hydroxyl groups is 1. The molecular formula is C19H19NO4S. The third-order valence-electron chi connectivity index (χ3n) is 4.16. The van der Waals surface area contributed by atoms with Crippen LogP contribution in [0.1, 0.15) is 27.9 Å². The summed E-state index contributed by atoms with van der Waals surface area (Å²) >= 11 is 1.45. The largest absolute Gasteiger partial charge is 0.505 e. The van der Waals surface area contributed by atoms with Crippen molar-refractivity contribution in [2.24, 2.45) is 0 Å². The molecule has 0 bridgehead atoms. The van der Waals surface area contributed by atoms with Crippen LogP contribution in [0.5, 0.6) is 5.75 Å². The maximum atomic E-state index is 12.2. The van der Waals surface area contributed by atoms with Gasteiger partial charge in [0.05, 0.1) is 18.6 Å².